The SMILES string of the molecule is CC(=O)Nc1ccc(/C(C)=N\OCC(=O)NC2CCCCC2C)cc1. The molecule has 0 radical (unpaired) electrons. The summed E-state index contributed by atoms with van der Waals surface area (Å²) in [6, 6.07) is 7.53. The van der Waals surface area contributed by atoms with Crippen LogP contribution in [0.2, 0.25) is 0 Å². The van der Waals surface area contributed by atoms with E-state index in [1.165, 1.54) is 19.8 Å². The number of nitrogens with zero attached hydrogens (tertiary/aromatic N) is 1. The van der Waals surface area contributed by atoms with Gasteiger partial charge in [-0.2, -0.15) is 0 Å². The molecular weight excluding hydrogens is 318 g/mol. The predicted octanol–water partition coefficient (Wildman–Crippen LogP) is 3.08. The number of nitrogens with one attached hydrogen (secondary N) is 2. The fourth-order valence-electron chi connectivity index (χ4n) is 3.02. The minimum atomic E-state index is -0.128. The molecule has 1 aromatic carbocycles. The maximum absolute atomic E-state index is 12.0. The maximum Gasteiger partial charge on any atom is 0.261 e. The van der Waals surface area contributed by atoms with E-state index in [-0.39, 0.29) is 24.5 Å². The number of rotatable bonds is 6. The molecule has 6 heteroatoms. The third kappa shape index (κ3) is 6.21. The summed E-state index contributed by atoms with van der Waals surface area (Å²) >= 11 is 0. The molecule has 1 aliphatic carbocycles. The second kappa shape index (κ2) is 9.20. The van der Waals surface area contributed by atoms with E-state index >= 15 is 0 Å². The van der Waals surface area contributed by atoms with Crippen LogP contribution in [0.15, 0.2) is 29.4 Å². The van der Waals surface area contributed by atoms with Crippen LogP contribution in [0.5, 0.6) is 0 Å². The highest BCUT2D eigenvalue weighted by Crippen LogP contribution is 2.23. The minimum absolute atomic E-state index is 0.0788. The largest absolute Gasteiger partial charge is 0.385 e. The van der Waals surface area contributed by atoms with Gasteiger partial charge < -0.3 is 15.5 Å². The zero-order chi connectivity index (χ0) is 18.2. The van der Waals surface area contributed by atoms with Crippen LogP contribution in [-0.4, -0.2) is 30.2 Å². The van der Waals surface area contributed by atoms with Gasteiger partial charge in [0.2, 0.25) is 5.91 Å². The Morgan fingerprint density at radius 3 is 2.48 bits per heavy atom. The first-order valence-corrected chi connectivity index (χ1v) is 8.79. The number of carbonyl (C=O) groups excluding carboxylic acids is 2. The van der Waals surface area contributed by atoms with Crippen molar-refractivity contribution in [3.05, 3.63) is 29.8 Å². The van der Waals surface area contributed by atoms with Crippen molar-refractivity contribution in [2.24, 2.45) is 11.1 Å². The molecule has 0 saturated heterocycles. The molecule has 2 atom stereocenters. The van der Waals surface area contributed by atoms with E-state index in [4.69, 9.17) is 4.84 Å². The molecule has 1 aliphatic rings. The van der Waals surface area contributed by atoms with Crippen molar-refractivity contribution in [3.63, 3.8) is 0 Å². The van der Waals surface area contributed by atoms with Gasteiger partial charge in [0, 0.05) is 18.7 Å². The van der Waals surface area contributed by atoms with Gasteiger partial charge >= 0.3 is 0 Å². The number of carbonyl (C=O) groups is 2. The van der Waals surface area contributed by atoms with E-state index in [9.17, 15) is 9.59 Å². The van der Waals surface area contributed by atoms with Crippen LogP contribution in [-0.2, 0) is 14.4 Å². The lowest BCUT2D eigenvalue weighted by atomic mass is 9.86. The summed E-state index contributed by atoms with van der Waals surface area (Å²) in [5, 5.41) is 9.75. The lowest BCUT2D eigenvalue weighted by Crippen LogP contribution is -2.42. The number of benzene rings is 1. The fraction of sp³-hybridized carbons (Fsp3) is 0.526. The van der Waals surface area contributed by atoms with Gasteiger partial charge in [0.25, 0.3) is 5.91 Å². The summed E-state index contributed by atoms with van der Waals surface area (Å²) in [6.45, 7) is 5.38. The smallest absolute Gasteiger partial charge is 0.261 e. The highest BCUT2D eigenvalue weighted by Gasteiger charge is 2.22. The van der Waals surface area contributed by atoms with E-state index in [0.717, 1.165) is 24.1 Å². The van der Waals surface area contributed by atoms with E-state index in [0.29, 0.717) is 11.6 Å². The first-order chi connectivity index (χ1) is 12.0. The lowest BCUT2D eigenvalue weighted by Gasteiger charge is -2.29. The average Bonchev–Trinajstić information content (AvgIpc) is 2.57. The monoisotopic (exact) mass is 345 g/mol. The van der Waals surface area contributed by atoms with Crippen molar-refractivity contribution in [3.8, 4) is 0 Å². The fourth-order valence-corrected chi connectivity index (χ4v) is 3.02. The molecule has 1 fully saturated rings. The molecule has 2 rings (SSSR count). The molecule has 1 aromatic rings. The summed E-state index contributed by atoms with van der Waals surface area (Å²) in [4.78, 5) is 28.2. The van der Waals surface area contributed by atoms with E-state index in [1.807, 2.05) is 19.1 Å². The molecule has 1 saturated carbocycles. The Balaban J connectivity index is 1.80. The highest BCUT2D eigenvalue weighted by atomic mass is 16.6. The molecule has 2 N–H and O–H groups in total. The molecule has 0 heterocycles. The second-order valence-electron chi connectivity index (χ2n) is 6.64. The number of anilines is 1. The van der Waals surface area contributed by atoms with Crippen LogP contribution in [0.4, 0.5) is 5.69 Å². The Hall–Kier alpha value is -2.37. The van der Waals surface area contributed by atoms with Crippen molar-refractivity contribution in [1.29, 1.82) is 0 Å². The summed E-state index contributed by atoms with van der Waals surface area (Å²) < 4.78 is 0. The van der Waals surface area contributed by atoms with Gasteiger partial charge in [-0.3, -0.25) is 9.59 Å². The Morgan fingerprint density at radius 1 is 1.16 bits per heavy atom. The molecule has 0 aromatic heterocycles. The Morgan fingerprint density at radius 2 is 1.84 bits per heavy atom. The molecule has 2 unspecified atom stereocenters. The van der Waals surface area contributed by atoms with Crippen LogP contribution < -0.4 is 10.6 Å². The molecule has 0 spiro atoms. The zero-order valence-corrected chi connectivity index (χ0v) is 15.2. The third-order valence-corrected chi connectivity index (χ3v) is 4.48. The van der Waals surface area contributed by atoms with Gasteiger partial charge in [-0.05, 0) is 43.4 Å². The highest BCUT2D eigenvalue weighted by molar-refractivity contribution is 5.99. The van der Waals surface area contributed by atoms with Crippen LogP contribution in [0, 0.1) is 5.92 Å². The topological polar surface area (TPSA) is 79.8 Å². The number of amides is 2. The molecule has 136 valence electrons. The molecule has 2 amide bonds. The van der Waals surface area contributed by atoms with Crippen LogP contribution in [0.25, 0.3) is 0 Å². The second-order valence-corrected chi connectivity index (χ2v) is 6.64. The van der Waals surface area contributed by atoms with Gasteiger partial charge in [0.15, 0.2) is 6.61 Å². The number of hydrogen-bond donors (Lipinski definition) is 2. The van der Waals surface area contributed by atoms with Crippen molar-refractivity contribution < 1.29 is 14.4 Å². The van der Waals surface area contributed by atoms with Gasteiger partial charge in [0.1, 0.15) is 0 Å². The van der Waals surface area contributed by atoms with Gasteiger partial charge in [-0.1, -0.05) is 37.1 Å². The summed E-state index contributed by atoms with van der Waals surface area (Å²) in [7, 11) is 0. The molecule has 25 heavy (non-hydrogen) atoms. The van der Waals surface area contributed by atoms with Crippen molar-refractivity contribution in [1.82, 2.24) is 5.32 Å². The van der Waals surface area contributed by atoms with Gasteiger partial charge in [-0.25, -0.2) is 0 Å². The van der Waals surface area contributed by atoms with Crippen molar-refractivity contribution in [2.45, 2.75) is 52.5 Å². The molecule has 0 aliphatic heterocycles. The standard InChI is InChI=1S/C19H27N3O3/c1-13-6-4-5-7-18(13)21-19(24)12-25-22-14(2)16-8-10-17(11-9-16)20-15(3)23/h8-11,13,18H,4-7,12H2,1-3H3,(H,20,23)(H,21,24)/b22-14-. The third-order valence-electron chi connectivity index (χ3n) is 4.48. The normalized spacial score (nSPS) is 20.7. The minimum Gasteiger partial charge on any atom is -0.385 e. The Bertz CT molecular complexity index is 625. The molecule has 6 nitrogen and oxygen atoms in total. The molecule has 0 bridgehead atoms. The van der Waals surface area contributed by atoms with Gasteiger partial charge in [0.05, 0.1) is 5.71 Å². The quantitative estimate of drug-likeness (QED) is 0.614. The zero-order valence-electron chi connectivity index (χ0n) is 15.2. The van der Waals surface area contributed by atoms with Crippen LogP contribution in [0.3, 0.4) is 0 Å². The van der Waals surface area contributed by atoms with Crippen LogP contribution >= 0.6 is 0 Å². The van der Waals surface area contributed by atoms with E-state index in [1.54, 1.807) is 12.1 Å². The lowest BCUT2D eigenvalue weighted by molar-refractivity contribution is -0.127. The Kier molecular flexibility index (Phi) is 6.98. The van der Waals surface area contributed by atoms with Crippen molar-refractivity contribution >= 4 is 23.2 Å². The van der Waals surface area contributed by atoms with Crippen LogP contribution in [0.1, 0.15) is 52.0 Å². The maximum atomic E-state index is 12.0. The average molecular weight is 345 g/mol. The van der Waals surface area contributed by atoms with Gasteiger partial charge in [-0.15, -0.1) is 0 Å². The number of hydrogen-bond acceptors (Lipinski definition) is 4. The van der Waals surface area contributed by atoms with E-state index < -0.39 is 0 Å². The first-order valence-electron chi connectivity index (χ1n) is 8.79. The van der Waals surface area contributed by atoms with E-state index in [2.05, 4.69) is 22.7 Å². The molecular formula is C19H27N3O3. The summed E-state index contributed by atoms with van der Waals surface area (Å²) in [5.74, 6) is 0.279. The summed E-state index contributed by atoms with van der Waals surface area (Å²) in [6.07, 6.45) is 4.61. The Labute approximate surface area is 149 Å². The predicted molar refractivity (Wildman–Crippen MR) is 98.5 cm³/mol. The first kappa shape index (κ1) is 19.0. The van der Waals surface area contributed by atoms with Crippen molar-refractivity contribution in [2.75, 3.05) is 11.9 Å². The number of oxime groups is 1. The summed E-state index contributed by atoms with van der Waals surface area (Å²) in [5.41, 5.74) is 2.27.